The SMILES string of the molecule is Cc1cc(-c2cc(NCCNc3ccc(NS(C)=O)cn3)nc(N)n2)c(C)cc1F. The van der Waals surface area contributed by atoms with Crippen molar-refractivity contribution in [2.75, 3.05) is 40.4 Å². The zero-order valence-electron chi connectivity index (χ0n) is 17.0. The van der Waals surface area contributed by atoms with Gasteiger partial charge in [-0.05, 0) is 49.2 Å². The van der Waals surface area contributed by atoms with Crippen LogP contribution in [0.3, 0.4) is 0 Å². The molecule has 0 aliphatic carbocycles. The van der Waals surface area contributed by atoms with E-state index in [2.05, 4.69) is 30.3 Å². The van der Waals surface area contributed by atoms with E-state index in [0.29, 0.717) is 41.7 Å². The van der Waals surface area contributed by atoms with Crippen molar-refractivity contribution in [3.05, 3.63) is 53.5 Å². The average Bonchev–Trinajstić information content (AvgIpc) is 2.68. The monoisotopic (exact) mass is 429 g/mol. The number of halogens is 1. The van der Waals surface area contributed by atoms with Crippen molar-refractivity contribution in [2.45, 2.75) is 13.8 Å². The lowest BCUT2D eigenvalue weighted by atomic mass is 10.0. The molecule has 3 aromatic rings. The smallest absolute Gasteiger partial charge is 0.222 e. The maximum Gasteiger partial charge on any atom is 0.222 e. The highest BCUT2D eigenvalue weighted by atomic mass is 32.2. The van der Waals surface area contributed by atoms with Gasteiger partial charge in [-0.25, -0.2) is 18.6 Å². The number of aryl methyl sites for hydroxylation is 2. The highest BCUT2D eigenvalue weighted by molar-refractivity contribution is 7.85. The number of aromatic nitrogens is 3. The number of nitrogens with one attached hydrogen (secondary N) is 3. The molecule has 1 atom stereocenters. The summed E-state index contributed by atoms with van der Waals surface area (Å²) in [5.74, 6) is 1.17. The van der Waals surface area contributed by atoms with E-state index >= 15 is 0 Å². The van der Waals surface area contributed by atoms with Crippen molar-refractivity contribution in [3.8, 4) is 11.3 Å². The van der Waals surface area contributed by atoms with E-state index in [1.807, 2.05) is 6.92 Å². The van der Waals surface area contributed by atoms with Crippen LogP contribution >= 0.6 is 0 Å². The second-order valence-electron chi connectivity index (χ2n) is 6.75. The predicted molar refractivity (Wildman–Crippen MR) is 120 cm³/mol. The van der Waals surface area contributed by atoms with E-state index in [1.54, 1.807) is 43.6 Å². The van der Waals surface area contributed by atoms with Crippen molar-refractivity contribution >= 4 is 34.3 Å². The van der Waals surface area contributed by atoms with Crippen molar-refractivity contribution in [1.82, 2.24) is 15.0 Å². The minimum atomic E-state index is -1.13. The van der Waals surface area contributed by atoms with E-state index in [1.165, 1.54) is 6.07 Å². The summed E-state index contributed by atoms with van der Waals surface area (Å²) in [4.78, 5) is 12.8. The van der Waals surface area contributed by atoms with Crippen LogP contribution in [0.15, 0.2) is 36.5 Å². The number of benzene rings is 1. The Labute approximate surface area is 177 Å². The van der Waals surface area contributed by atoms with Crippen molar-refractivity contribution in [3.63, 3.8) is 0 Å². The normalized spacial score (nSPS) is 11.7. The summed E-state index contributed by atoms with van der Waals surface area (Å²) in [6, 6.07) is 8.64. The Morgan fingerprint density at radius 2 is 1.77 bits per heavy atom. The summed E-state index contributed by atoms with van der Waals surface area (Å²) in [7, 11) is -1.13. The molecule has 1 aromatic carbocycles. The van der Waals surface area contributed by atoms with Crippen LogP contribution in [0.2, 0.25) is 0 Å². The fourth-order valence-corrected chi connectivity index (χ4v) is 3.31. The molecule has 30 heavy (non-hydrogen) atoms. The van der Waals surface area contributed by atoms with Gasteiger partial charge in [-0.1, -0.05) is 0 Å². The quantitative estimate of drug-likeness (QED) is 0.406. The molecule has 0 aliphatic rings. The fourth-order valence-electron chi connectivity index (χ4n) is 2.86. The first-order chi connectivity index (χ1) is 14.3. The molecule has 158 valence electrons. The molecular weight excluding hydrogens is 405 g/mol. The first kappa shape index (κ1) is 21.4. The molecule has 1 unspecified atom stereocenters. The third-order valence-electron chi connectivity index (χ3n) is 4.29. The molecule has 0 saturated heterocycles. The van der Waals surface area contributed by atoms with E-state index in [9.17, 15) is 8.60 Å². The van der Waals surface area contributed by atoms with Crippen LogP contribution in [0.25, 0.3) is 11.3 Å². The number of hydrogen-bond donors (Lipinski definition) is 4. The maximum absolute atomic E-state index is 13.8. The first-order valence-electron chi connectivity index (χ1n) is 9.27. The van der Waals surface area contributed by atoms with Gasteiger partial charge in [-0.2, -0.15) is 4.98 Å². The first-order valence-corrected chi connectivity index (χ1v) is 10.8. The number of rotatable bonds is 8. The molecular formula is C20H24FN7OS. The van der Waals surface area contributed by atoms with Gasteiger partial charge < -0.3 is 21.1 Å². The lowest BCUT2D eigenvalue weighted by Crippen LogP contribution is -2.15. The van der Waals surface area contributed by atoms with Crippen LogP contribution < -0.4 is 21.1 Å². The summed E-state index contributed by atoms with van der Waals surface area (Å²) < 4.78 is 27.7. The number of anilines is 4. The Kier molecular flexibility index (Phi) is 6.78. The summed E-state index contributed by atoms with van der Waals surface area (Å²) in [6.07, 6.45) is 3.17. The molecule has 0 spiro atoms. The summed E-state index contributed by atoms with van der Waals surface area (Å²) in [6.45, 7) is 4.70. The summed E-state index contributed by atoms with van der Waals surface area (Å²) >= 11 is 0. The van der Waals surface area contributed by atoms with E-state index in [0.717, 1.165) is 11.1 Å². The Bertz CT molecular complexity index is 1060. The number of pyridine rings is 1. The van der Waals surface area contributed by atoms with Crippen LogP contribution in [-0.4, -0.2) is 38.5 Å². The second kappa shape index (κ2) is 9.49. The molecule has 8 nitrogen and oxygen atoms in total. The number of hydrogen-bond acceptors (Lipinski definition) is 7. The lowest BCUT2D eigenvalue weighted by molar-refractivity contribution is 0.617. The van der Waals surface area contributed by atoms with E-state index in [-0.39, 0.29) is 11.8 Å². The van der Waals surface area contributed by atoms with Gasteiger partial charge >= 0.3 is 0 Å². The minimum absolute atomic E-state index is 0.141. The zero-order chi connectivity index (χ0) is 21.7. The van der Waals surface area contributed by atoms with Gasteiger partial charge in [-0.15, -0.1) is 0 Å². The molecule has 5 N–H and O–H groups in total. The molecule has 2 aromatic heterocycles. The standard InChI is InChI=1S/C20H24FN7OS/c1-12-9-16(21)13(2)8-15(12)17-10-19(27-20(22)26-17)24-7-6-23-18-5-4-14(11-25-18)28-30(3)29/h4-5,8-11,28H,6-7H2,1-3H3,(H,23,25)(H3,22,24,26,27). The van der Waals surface area contributed by atoms with Gasteiger partial charge in [0.25, 0.3) is 0 Å². The van der Waals surface area contributed by atoms with Crippen LogP contribution in [-0.2, 0) is 11.0 Å². The molecule has 10 heteroatoms. The molecule has 0 amide bonds. The maximum atomic E-state index is 13.8. The third kappa shape index (κ3) is 5.63. The van der Waals surface area contributed by atoms with Gasteiger partial charge in [0.15, 0.2) is 0 Å². The third-order valence-corrected chi connectivity index (χ3v) is 4.81. The molecule has 0 saturated carbocycles. The van der Waals surface area contributed by atoms with Crippen molar-refractivity contribution in [1.29, 1.82) is 0 Å². The Hall–Kier alpha value is -3.27. The van der Waals surface area contributed by atoms with Crippen molar-refractivity contribution in [2.24, 2.45) is 0 Å². The number of nitrogens with two attached hydrogens (primary N) is 1. The van der Waals surface area contributed by atoms with Gasteiger partial charge in [0, 0.05) is 31.0 Å². The summed E-state index contributed by atoms with van der Waals surface area (Å²) in [5, 5.41) is 6.39. The fraction of sp³-hybridized carbons (Fsp3) is 0.250. The molecule has 3 rings (SSSR count). The Morgan fingerprint density at radius 1 is 1.03 bits per heavy atom. The predicted octanol–water partition coefficient (Wildman–Crippen LogP) is 3.11. The van der Waals surface area contributed by atoms with Crippen LogP contribution in [0.5, 0.6) is 0 Å². The van der Waals surface area contributed by atoms with Gasteiger partial charge in [0.2, 0.25) is 5.95 Å². The van der Waals surface area contributed by atoms with Crippen LogP contribution in [0.1, 0.15) is 11.1 Å². The highest BCUT2D eigenvalue weighted by Gasteiger charge is 2.10. The largest absolute Gasteiger partial charge is 0.368 e. The van der Waals surface area contributed by atoms with E-state index < -0.39 is 11.0 Å². The Balaban J connectivity index is 1.61. The molecule has 0 aliphatic heterocycles. The van der Waals surface area contributed by atoms with Crippen LogP contribution in [0.4, 0.5) is 27.7 Å². The number of nitrogens with zero attached hydrogens (tertiary/aromatic N) is 3. The molecule has 0 fully saturated rings. The minimum Gasteiger partial charge on any atom is -0.368 e. The van der Waals surface area contributed by atoms with Crippen LogP contribution in [0, 0.1) is 19.7 Å². The van der Waals surface area contributed by atoms with Gasteiger partial charge in [-0.3, -0.25) is 0 Å². The van der Waals surface area contributed by atoms with Gasteiger partial charge in [0.05, 0.1) is 17.6 Å². The lowest BCUT2D eigenvalue weighted by Gasteiger charge is -2.12. The molecule has 0 bridgehead atoms. The second-order valence-corrected chi connectivity index (χ2v) is 7.87. The van der Waals surface area contributed by atoms with Crippen molar-refractivity contribution < 1.29 is 8.60 Å². The molecule has 0 radical (unpaired) electrons. The Morgan fingerprint density at radius 3 is 2.43 bits per heavy atom. The number of nitrogen functional groups attached to an aromatic ring is 1. The molecule has 2 heterocycles. The average molecular weight is 430 g/mol. The van der Waals surface area contributed by atoms with Gasteiger partial charge in [0.1, 0.15) is 28.4 Å². The summed E-state index contributed by atoms with van der Waals surface area (Å²) in [5.41, 5.74) is 9.33. The zero-order valence-corrected chi connectivity index (χ0v) is 17.8. The van der Waals surface area contributed by atoms with E-state index in [4.69, 9.17) is 5.73 Å². The topological polar surface area (TPSA) is 118 Å². The highest BCUT2D eigenvalue weighted by Crippen LogP contribution is 2.26.